The molecule has 1 aliphatic rings. The zero-order valence-electron chi connectivity index (χ0n) is 12.4. The van der Waals surface area contributed by atoms with Crippen LogP contribution >= 0.6 is 0 Å². The van der Waals surface area contributed by atoms with E-state index in [1.807, 2.05) is 13.0 Å². The van der Waals surface area contributed by atoms with Gasteiger partial charge in [0.2, 0.25) is 0 Å². The molecule has 0 aromatic heterocycles. The molecule has 1 heterocycles. The maximum Gasteiger partial charge on any atom is 0.338 e. The fraction of sp³-hybridized carbons (Fsp3) is 0.500. The van der Waals surface area contributed by atoms with E-state index in [2.05, 4.69) is 0 Å². The van der Waals surface area contributed by atoms with Crippen LogP contribution in [0.3, 0.4) is 0 Å². The molecule has 0 spiro atoms. The van der Waals surface area contributed by atoms with Crippen LogP contribution in [0.15, 0.2) is 30.3 Å². The van der Waals surface area contributed by atoms with Gasteiger partial charge in [0.1, 0.15) is 25.1 Å². The molecule has 1 saturated heterocycles. The van der Waals surface area contributed by atoms with Gasteiger partial charge >= 0.3 is 5.97 Å². The lowest BCUT2D eigenvalue weighted by Gasteiger charge is -2.42. The highest BCUT2D eigenvalue weighted by Gasteiger charge is 2.41. The molecule has 21 heavy (non-hydrogen) atoms. The Bertz CT molecular complexity index is 497. The van der Waals surface area contributed by atoms with E-state index < -0.39 is 17.9 Å². The monoisotopic (exact) mass is 292 g/mol. The van der Waals surface area contributed by atoms with Gasteiger partial charge in [-0.3, -0.25) is 0 Å². The molecule has 1 aromatic rings. The van der Waals surface area contributed by atoms with E-state index in [9.17, 15) is 9.59 Å². The normalized spacial score (nSPS) is 27.9. The van der Waals surface area contributed by atoms with E-state index in [0.717, 1.165) is 6.29 Å². The van der Waals surface area contributed by atoms with Gasteiger partial charge in [0.25, 0.3) is 0 Å². The first-order valence-electron chi connectivity index (χ1n) is 6.96. The number of carbonyl (C=O) groups is 2. The van der Waals surface area contributed by atoms with E-state index in [-0.39, 0.29) is 18.6 Å². The largest absolute Gasteiger partial charge is 0.459 e. The van der Waals surface area contributed by atoms with Gasteiger partial charge in [-0.05, 0) is 26.0 Å². The average Bonchev–Trinajstić information content (AvgIpc) is 2.48. The predicted octanol–water partition coefficient (Wildman–Crippen LogP) is 2.20. The van der Waals surface area contributed by atoms with Crippen LogP contribution in [0.25, 0.3) is 0 Å². The summed E-state index contributed by atoms with van der Waals surface area (Å²) >= 11 is 0. The topological polar surface area (TPSA) is 61.8 Å². The number of hydrogen-bond acceptors (Lipinski definition) is 5. The highest BCUT2D eigenvalue weighted by Crippen LogP contribution is 2.30. The number of hydrogen-bond donors (Lipinski definition) is 0. The molecule has 0 bridgehead atoms. The molecule has 1 fully saturated rings. The van der Waals surface area contributed by atoms with Crippen LogP contribution in [0.4, 0.5) is 0 Å². The van der Waals surface area contributed by atoms with Crippen molar-refractivity contribution in [1.29, 1.82) is 0 Å². The van der Waals surface area contributed by atoms with Gasteiger partial charge in [0, 0.05) is 5.92 Å². The Labute approximate surface area is 124 Å². The van der Waals surface area contributed by atoms with Gasteiger partial charge in [0.05, 0.1) is 5.56 Å². The van der Waals surface area contributed by atoms with E-state index >= 15 is 0 Å². The average molecular weight is 292 g/mol. The van der Waals surface area contributed by atoms with E-state index in [1.54, 1.807) is 38.1 Å². The van der Waals surface area contributed by atoms with Crippen LogP contribution in [0.1, 0.15) is 31.1 Å². The summed E-state index contributed by atoms with van der Waals surface area (Å²) in [5, 5.41) is 0. The molecule has 1 aliphatic heterocycles. The van der Waals surface area contributed by atoms with Crippen LogP contribution in [0.2, 0.25) is 0 Å². The number of carbonyl (C=O) groups excluding carboxylic acids is 2. The van der Waals surface area contributed by atoms with Gasteiger partial charge < -0.3 is 19.0 Å². The van der Waals surface area contributed by atoms with Crippen molar-refractivity contribution < 1.29 is 23.8 Å². The van der Waals surface area contributed by atoms with E-state index in [0.29, 0.717) is 5.56 Å². The summed E-state index contributed by atoms with van der Waals surface area (Å²) in [5.41, 5.74) is 0.489. The molecule has 0 unspecified atom stereocenters. The van der Waals surface area contributed by atoms with E-state index in [4.69, 9.17) is 14.2 Å². The lowest BCUT2D eigenvalue weighted by atomic mass is 9.96. The first-order chi connectivity index (χ1) is 9.93. The quantitative estimate of drug-likeness (QED) is 0.629. The first kappa shape index (κ1) is 15.7. The second-order valence-corrected chi connectivity index (χ2v) is 5.60. The second-order valence-electron chi connectivity index (χ2n) is 5.60. The Morgan fingerprint density at radius 1 is 1.29 bits per heavy atom. The predicted molar refractivity (Wildman–Crippen MR) is 75.8 cm³/mol. The van der Waals surface area contributed by atoms with Gasteiger partial charge in [-0.1, -0.05) is 25.1 Å². The van der Waals surface area contributed by atoms with Gasteiger partial charge in [-0.2, -0.15) is 0 Å². The third kappa shape index (κ3) is 3.89. The zero-order chi connectivity index (χ0) is 15.5. The molecule has 0 amide bonds. The molecule has 1 aromatic carbocycles. The zero-order valence-corrected chi connectivity index (χ0v) is 12.4. The highest BCUT2D eigenvalue weighted by atomic mass is 16.7. The van der Waals surface area contributed by atoms with Crippen molar-refractivity contribution in [3.05, 3.63) is 35.9 Å². The van der Waals surface area contributed by atoms with Crippen molar-refractivity contribution in [2.75, 3.05) is 6.61 Å². The lowest BCUT2D eigenvalue weighted by Crippen LogP contribution is -2.52. The Kier molecular flexibility index (Phi) is 4.75. The third-order valence-electron chi connectivity index (χ3n) is 3.48. The van der Waals surface area contributed by atoms with Crippen LogP contribution in [-0.4, -0.2) is 36.9 Å². The Balaban J connectivity index is 1.98. The third-order valence-corrected chi connectivity index (χ3v) is 3.48. The minimum absolute atomic E-state index is 0.0893. The number of benzene rings is 1. The van der Waals surface area contributed by atoms with Crippen molar-refractivity contribution in [3.63, 3.8) is 0 Å². The Hall–Kier alpha value is -1.72. The lowest BCUT2D eigenvalue weighted by molar-refractivity contribution is -0.313. The molecule has 114 valence electrons. The number of aldehydes is 1. The van der Waals surface area contributed by atoms with Crippen molar-refractivity contribution in [2.45, 2.75) is 38.8 Å². The van der Waals surface area contributed by atoms with Crippen LogP contribution in [-0.2, 0) is 19.0 Å². The minimum Gasteiger partial charge on any atom is -0.459 e. The summed E-state index contributed by atoms with van der Waals surface area (Å²) in [6.45, 7) is 5.41. The van der Waals surface area contributed by atoms with E-state index in [1.165, 1.54) is 0 Å². The fourth-order valence-electron chi connectivity index (χ4n) is 2.30. The molecular weight excluding hydrogens is 272 g/mol. The maximum absolute atomic E-state index is 11.9. The molecule has 5 nitrogen and oxygen atoms in total. The molecule has 0 aliphatic carbocycles. The summed E-state index contributed by atoms with van der Waals surface area (Å²) in [7, 11) is 0. The molecule has 0 radical (unpaired) electrons. The Morgan fingerprint density at radius 3 is 2.57 bits per heavy atom. The number of ether oxygens (including phenoxy) is 3. The van der Waals surface area contributed by atoms with Crippen molar-refractivity contribution in [1.82, 2.24) is 0 Å². The molecule has 0 saturated carbocycles. The van der Waals surface area contributed by atoms with Gasteiger partial charge in [0.15, 0.2) is 5.79 Å². The minimum atomic E-state index is -0.873. The number of rotatable bonds is 4. The molecule has 5 heteroatoms. The molecule has 2 rings (SSSR count). The van der Waals surface area contributed by atoms with Crippen molar-refractivity contribution >= 4 is 12.3 Å². The summed E-state index contributed by atoms with van der Waals surface area (Å²) < 4.78 is 16.6. The highest BCUT2D eigenvalue weighted by molar-refractivity contribution is 5.89. The van der Waals surface area contributed by atoms with Crippen LogP contribution < -0.4 is 0 Å². The van der Waals surface area contributed by atoms with Crippen LogP contribution in [0.5, 0.6) is 0 Å². The smallest absolute Gasteiger partial charge is 0.338 e. The molecule has 0 N–H and O–H groups in total. The Morgan fingerprint density at radius 2 is 1.95 bits per heavy atom. The van der Waals surface area contributed by atoms with Gasteiger partial charge in [-0.25, -0.2) is 4.79 Å². The fourth-order valence-corrected chi connectivity index (χ4v) is 2.30. The van der Waals surface area contributed by atoms with Crippen LogP contribution in [0, 0.1) is 5.92 Å². The number of esters is 1. The summed E-state index contributed by atoms with van der Waals surface area (Å²) in [6, 6.07) is 8.76. The summed E-state index contributed by atoms with van der Waals surface area (Å²) in [4.78, 5) is 23.0. The second kappa shape index (κ2) is 6.37. The standard InChI is InChI=1S/C16H20O5/c1-11-13(9-17)20-16(2,3)21-14(11)10-19-15(18)12-7-5-4-6-8-12/h4-9,11,13-14H,10H2,1-3H3/t11-,13-,14+/m0/s1. The molecular formula is C16H20O5. The van der Waals surface area contributed by atoms with Crippen molar-refractivity contribution in [2.24, 2.45) is 5.92 Å². The molecule has 3 atom stereocenters. The van der Waals surface area contributed by atoms with Crippen molar-refractivity contribution in [3.8, 4) is 0 Å². The SMILES string of the molecule is C[C@H]1[C@H](C=O)OC(C)(C)O[C@@H]1COC(=O)c1ccccc1. The summed E-state index contributed by atoms with van der Waals surface area (Å²) in [6.07, 6.45) is -0.174. The van der Waals surface area contributed by atoms with Gasteiger partial charge in [-0.15, -0.1) is 0 Å². The summed E-state index contributed by atoms with van der Waals surface area (Å²) in [5.74, 6) is -1.46. The maximum atomic E-state index is 11.9. The first-order valence-corrected chi connectivity index (χ1v) is 6.96.